The van der Waals surface area contributed by atoms with Crippen molar-refractivity contribution in [2.24, 2.45) is 0 Å². The lowest BCUT2D eigenvalue weighted by molar-refractivity contribution is 0.108. The van der Waals surface area contributed by atoms with Crippen LogP contribution in [-0.4, -0.2) is 11.2 Å². The molecular weight excluding hydrogens is 224 g/mol. The van der Waals surface area contributed by atoms with Crippen LogP contribution in [0, 0.1) is 23.0 Å². The number of hydrogen-bond donors (Lipinski definition) is 1. The van der Waals surface area contributed by atoms with Crippen LogP contribution in [0.4, 0.5) is 8.78 Å². The highest BCUT2D eigenvalue weighted by molar-refractivity contribution is 5.34. The normalized spacial score (nSPS) is 28.7. The van der Waals surface area contributed by atoms with Crippen LogP contribution in [0.5, 0.6) is 0 Å². The summed E-state index contributed by atoms with van der Waals surface area (Å²) in [6.07, 6.45) is 1.19. The van der Waals surface area contributed by atoms with Crippen molar-refractivity contribution in [1.82, 2.24) is 0 Å². The van der Waals surface area contributed by atoms with Crippen molar-refractivity contribution in [1.29, 1.82) is 5.26 Å². The second-order valence-electron chi connectivity index (χ2n) is 4.55. The van der Waals surface area contributed by atoms with Gasteiger partial charge in [0, 0.05) is 5.56 Å². The van der Waals surface area contributed by atoms with E-state index in [1.54, 1.807) is 0 Å². The van der Waals surface area contributed by atoms with Gasteiger partial charge in [-0.15, -0.1) is 0 Å². The molecule has 0 unspecified atom stereocenters. The molecule has 0 aliphatic heterocycles. The Morgan fingerprint density at radius 3 is 2.53 bits per heavy atom. The summed E-state index contributed by atoms with van der Waals surface area (Å²) in [5, 5.41) is 18.7. The van der Waals surface area contributed by atoms with Gasteiger partial charge in [0.15, 0.2) is 0 Å². The van der Waals surface area contributed by atoms with Crippen molar-refractivity contribution >= 4 is 0 Å². The number of halogens is 2. The number of rotatable bonds is 1. The van der Waals surface area contributed by atoms with Crippen LogP contribution in [0.15, 0.2) is 18.2 Å². The molecule has 0 bridgehead atoms. The van der Waals surface area contributed by atoms with Crippen LogP contribution in [0.25, 0.3) is 0 Å². The molecule has 1 aromatic rings. The number of nitriles is 1. The summed E-state index contributed by atoms with van der Waals surface area (Å²) in [7, 11) is 0. The maximum absolute atomic E-state index is 13.7. The highest BCUT2D eigenvalue weighted by Crippen LogP contribution is 2.40. The molecule has 2 rings (SSSR count). The largest absolute Gasteiger partial charge is 0.393 e. The molecule has 0 amide bonds. The van der Waals surface area contributed by atoms with Gasteiger partial charge in [-0.05, 0) is 43.9 Å². The van der Waals surface area contributed by atoms with Crippen molar-refractivity contribution < 1.29 is 13.9 Å². The van der Waals surface area contributed by atoms with Crippen molar-refractivity contribution in [2.45, 2.75) is 37.2 Å². The van der Waals surface area contributed by atoms with Gasteiger partial charge in [-0.25, -0.2) is 8.78 Å². The smallest absolute Gasteiger partial charge is 0.128 e. The van der Waals surface area contributed by atoms with Crippen LogP contribution in [0.2, 0.25) is 0 Å². The van der Waals surface area contributed by atoms with Crippen molar-refractivity contribution in [3.63, 3.8) is 0 Å². The van der Waals surface area contributed by atoms with Crippen LogP contribution in [-0.2, 0) is 5.41 Å². The van der Waals surface area contributed by atoms with E-state index in [1.165, 1.54) is 0 Å². The van der Waals surface area contributed by atoms with Gasteiger partial charge in [0.05, 0.1) is 17.6 Å². The molecule has 0 saturated heterocycles. The molecular formula is C13H13F2NO. The van der Waals surface area contributed by atoms with E-state index in [-0.39, 0.29) is 5.56 Å². The van der Waals surface area contributed by atoms with Gasteiger partial charge in [-0.3, -0.25) is 0 Å². The Morgan fingerprint density at radius 2 is 1.94 bits per heavy atom. The molecule has 0 aromatic heterocycles. The third-order valence-corrected chi connectivity index (χ3v) is 3.47. The molecule has 1 fully saturated rings. The summed E-state index contributed by atoms with van der Waals surface area (Å²) in [5.74, 6) is -1.09. The summed E-state index contributed by atoms with van der Waals surface area (Å²) in [5.41, 5.74) is -0.877. The highest BCUT2D eigenvalue weighted by atomic mass is 19.1. The van der Waals surface area contributed by atoms with Crippen LogP contribution >= 0.6 is 0 Å². The molecule has 4 heteroatoms. The van der Waals surface area contributed by atoms with E-state index in [2.05, 4.69) is 6.07 Å². The zero-order chi connectivity index (χ0) is 12.5. The second-order valence-corrected chi connectivity index (χ2v) is 4.55. The van der Waals surface area contributed by atoms with E-state index in [0.717, 1.165) is 18.2 Å². The average molecular weight is 237 g/mol. The van der Waals surface area contributed by atoms with E-state index in [1.807, 2.05) is 0 Å². The van der Waals surface area contributed by atoms with Crippen molar-refractivity contribution in [2.75, 3.05) is 0 Å². The second kappa shape index (κ2) is 4.42. The quantitative estimate of drug-likeness (QED) is 0.816. The molecule has 1 aliphatic rings. The minimum Gasteiger partial charge on any atom is -0.393 e. The summed E-state index contributed by atoms with van der Waals surface area (Å²) < 4.78 is 26.9. The Labute approximate surface area is 98.5 Å². The molecule has 1 N–H and O–H groups in total. The van der Waals surface area contributed by atoms with Crippen LogP contribution < -0.4 is 0 Å². The Kier molecular flexibility index (Phi) is 3.12. The predicted octanol–water partition coefficient (Wildman–Crippen LogP) is 2.66. The fraction of sp³-hybridized carbons (Fsp3) is 0.462. The van der Waals surface area contributed by atoms with E-state index in [9.17, 15) is 19.1 Å². The van der Waals surface area contributed by atoms with Crippen LogP contribution in [0.3, 0.4) is 0 Å². The molecule has 90 valence electrons. The third-order valence-electron chi connectivity index (χ3n) is 3.47. The van der Waals surface area contributed by atoms with Gasteiger partial charge in [-0.1, -0.05) is 0 Å². The monoisotopic (exact) mass is 237 g/mol. The zero-order valence-corrected chi connectivity index (χ0v) is 9.29. The van der Waals surface area contributed by atoms with Gasteiger partial charge in [0.1, 0.15) is 11.6 Å². The van der Waals surface area contributed by atoms with E-state index >= 15 is 0 Å². The topological polar surface area (TPSA) is 44.0 Å². The minimum absolute atomic E-state index is 0.118. The number of aliphatic hydroxyl groups excluding tert-OH is 1. The molecule has 1 aliphatic carbocycles. The molecule has 0 heterocycles. The fourth-order valence-corrected chi connectivity index (χ4v) is 2.40. The lowest BCUT2D eigenvalue weighted by Gasteiger charge is -2.33. The third kappa shape index (κ3) is 2.16. The Bertz CT molecular complexity index is 459. The summed E-state index contributed by atoms with van der Waals surface area (Å²) >= 11 is 0. The summed E-state index contributed by atoms with van der Waals surface area (Å²) in [6, 6.07) is 5.29. The Balaban J connectivity index is 2.42. The first-order valence-electron chi connectivity index (χ1n) is 5.62. The first-order chi connectivity index (χ1) is 8.07. The Morgan fingerprint density at radius 1 is 1.29 bits per heavy atom. The van der Waals surface area contributed by atoms with Gasteiger partial charge in [0.2, 0.25) is 0 Å². The molecule has 1 aromatic carbocycles. The average Bonchev–Trinajstić information content (AvgIpc) is 2.34. The van der Waals surface area contributed by atoms with E-state index in [0.29, 0.717) is 25.7 Å². The molecule has 0 radical (unpaired) electrons. The van der Waals surface area contributed by atoms with Gasteiger partial charge < -0.3 is 5.11 Å². The maximum Gasteiger partial charge on any atom is 0.128 e. The summed E-state index contributed by atoms with van der Waals surface area (Å²) in [6.45, 7) is 0. The van der Waals surface area contributed by atoms with Crippen molar-refractivity contribution in [3.05, 3.63) is 35.4 Å². The molecule has 17 heavy (non-hydrogen) atoms. The number of nitrogens with zero attached hydrogens (tertiary/aromatic N) is 1. The SMILES string of the molecule is N#C[C@]1(c2cc(F)ccc2F)CC[C@H](O)CC1. The zero-order valence-electron chi connectivity index (χ0n) is 9.29. The highest BCUT2D eigenvalue weighted by Gasteiger charge is 2.38. The Hall–Kier alpha value is -1.47. The minimum atomic E-state index is -0.995. The summed E-state index contributed by atoms with van der Waals surface area (Å²) in [4.78, 5) is 0. The predicted molar refractivity (Wildman–Crippen MR) is 58.1 cm³/mol. The van der Waals surface area contributed by atoms with Gasteiger partial charge >= 0.3 is 0 Å². The molecule has 2 nitrogen and oxygen atoms in total. The standard InChI is InChI=1S/C13H13F2NO/c14-9-1-2-12(15)11(7-9)13(8-16)5-3-10(17)4-6-13/h1-2,7,10,17H,3-6H2/t10-,13-. The fourth-order valence-electron chi connectivity index (χ4n) is 2.40. The molecule has 0 atom stereocenters. The lowest BCUT2D eigenvalue weighted by atomic mass is 9.69. The maximum atomic E-state index is 13.7. The number of aliphatic hydroxyl groups is 1. The first kappa shape index (κ1) is 12.0. The van der Waals surface area contributed by atoms with Gasteiger partial charge in [0.25, 0.3) is 0 Å². The van der Waals surface area contributed by atoms with E-state index < -0.39 is 23.2 Å². The first-order valence-corrected chi connectivity index (χ1v) is 5.62. The number of benzene rings is 1. The lowest BCUT2D eigenvalue weighted by Crippen LogP contribution is -2.33. The van der Waals surface area contributed by atoms with E-state index in [4.69, 9.17) is 0 Å². The van der Waals surface area contributed by atoms with Crippen molar-refractivity contribution in [3.8, 4) is 6.07 Å². The molecule has 1 saturated carbocycles. The van der Waals surface area contributed by atoms with Gasteiger partial charge in [-0.2, -0.15) is 5.26 Å². The number of hydrogen-bond acceptors (Lipinski definition) is 2. The molecule has 0 spiro atoms. The van der Waals surface area contributed by atoms with Crippen LogP contribution in [0.1, 0.15) is 31.2 Å².